The molecule has 7 heteroatoms. The van der Waals surface area contributed by atoms with Crippen molar-refractivity contribution in [2.24, 2.45) is 5.92 Å². The normalized spacial score (nSPS) is 20.1. The lowest BCUT2D eigenvalue weighted by Crippen LogP contribution is -2.48. The molecule has 0 saturated heterocycles. The molecule has 0 bridgehead atoms. The molecule has 2 atom stereocenters. The summed E-state index contributed by atoms with van der Waals surface area (Å²) in [4.78, 5) is 32.8. The number of nitrogens with zero attached hydrogens (tertiary/aromatic N) is 2. The third kappa shape index (κ3) is 5.45. The van der Waals surface area contributed by atoms with E-state index < -0.39 is 6.04 Å². The van der Waals surface area contributed by atoms with Crippen LogP contribution in [0.25, 0.3) is 0 Å². The Hall–Kier alpha value is -2.41. The zero-order chi connectivity index (χ0) is 23.7. The first-order chi connectivity index (χ1) is 16.5. The van der Waals surface area contributed by atoms with Gasteiger partial charge in [0.1, 0.15) is 6.04 Å². The van der Waals surface area contributed by atoms with Crippen LogP contribution in [0.1, 0.15) is 92.8 Å². The average Bonchev–Trinajstić information content (AvgIpc) is 3.74. The molecular formula is C27H36N4O2S. The summed E-state index contributed by atoms with van der Waals surface area (Å²) in [5, 5.41) is 7.61. The third-order valence-electron chi connectivity index (χ3n) is 7.53. The van der Waals surface area contributed by atoms with Gasteiger partial charge in [0, 0.05) is 17.1 Å². The van der Waals surface area contributed by atoms with Crippen LogP contribution in [0, 0.1) is 12.8 Å². The van der Waals surface area contributed by atoms with Gasteiger partial charge in [0.15, 0.2) is 0 Å². The molecule has 2 N–H and O–H groups in total. The van der Waals surface area contributed by atoms with E-state index in [4.69, 9.17) is 0 Å². The van der Waals surface area contributed by atoms with Crippen molar-refractivity contribution in [2.75, 3.05) is 10.2 Å². The van der Waals surface area contributed by atoms with Crippen LogP contribution in [0.2, 0.25) is 0 Å². The van der Waals surface area contributed by atoms with Gasteiger partial charge in [-0.25, -0.2) is 0 Å². The minimum Gasteiger partial charge on any atom is -0.376 e. The lowest BCUT2D eigenvalue weighted by molar-refractivity contribution is -0.124. The molecule has 6 nitrogen and oxygen atoms in total. The molecule has 34 heavy (non-hydrogen) atoms. The van der Waals surface area contributed by atoms with Crippen LogP contribution >= 0.6 is 11.3 Å². The summed E-state index contributed by atoms with van der Waals surface area (Å²) in [6.45, 7) is 4.17. The molecule has 0 aromatic carbocycles. The summed E-state index contributed by atoms with van der Waals surface area (Å²) in [5.74, 6) is 1.19. The Bertz CT molecular complexity index is 1020. The predicted octanol–water partition coefficient (Wildman–Crippen LogP) is 5.69. The zero-order valence-electron chi connectivity index (χ0n) is 20.3. The number of thiophene rings is 1. The van der Waals surface area contributed by atoms with Crippen LogP contribution in [-0.4, -0.2) is 29.4 Å². The van der Waals surface area contributed by atoms with Gasteiger partial charge in [0.2, 0.25) is 12.3 Å². The highest BCUT2D eigenvalue weighted by molar-refractivity contribution is 7.16. The van der Waals surface area contributed by atoms with Crippen LogP contribution < -0.4 is 15.5 Å². The fraction of sp³-hybridized carbons (Fsp3) is 0.593. The van der Waals surface area contributed by atoms with Gasteiger partial charge in [-0.3, -0.25) is 19.5 Å². The van der Waals surface area contributed by atoms with Crippen molar-refractivity contribution >= 4 is 34.3 Å². The minimum atomic E-state index is -0.433. The molecular weight excluding hydrogens is 444 g/mol. The average molecular weight is 481 g/mol. The maximum Gasteiger partial charge on any atom is 0.243 e. The van der Waals surface area contributed by atoms with Gasteiger partial charge < -0.3 is 10.6 Å². The SMILES string of the molecule is Cc1ncc(C2CC2)cc1N[C@@H](C)c1ccc(N(C=O)[C@@H](CC2CCCC2)C(=O)NC2CC2)s1. The Morgan fingerprint density at radius 2 is 1.97 bits per heavy atom. The highest BCUT2D eigenvalue weighted by Crippen LogP contribution is 2.41. The quantitative estimate of drug-likeness (QED) is 0.405. The number of aromatic nitrogens is 1. The number of amides is 2. The van der Waals surface area contributed by atoms with Gasteiger partial charge in [-0.2, -0.15) is 0 Å². The first kappa shape index (κ1) is 23.3. The largest absolute Gasteiger partial charge is 0.376 e. The number of carbonyl (C=O) groups excluding carboxylic acids is 2. The van der Waals surface area contributed by atoms with E-state index in [-0.39, 0.29) is 11.9 Å². The second-order valence-electron chi connectivity index (χ2n) is 10.4. The van der Waals surface area contributed by atoms with Crippen molar-refractivity contribution in [3.8, 4) is 0 Å². The van der Waals surface area contributed by atoms with Gasteiger partial charge in [-0.15, -0.1) is 11.3 Å². The lowest BCUT2D eigenvalue weighted by Gasteiger charge is -2.28. The lowest BCUT2D eigenvalue weighted by atomic mass is 9.97. The van der Waals surface area contributed by atoms with Crippen molar-refractivity contribution in [3.05, 3.63) is 40.5 Å². The molecule has 0 spiro atoms. The summed E-state index contributed by atoms with van der Waals surface area (Å²) >= 11 is 1.59. The Labute approximate surface area is 206 Å². The molecule has 5 rings (SSSR count). The molecule has 2 aromatic rings. The van der Waals surface area contributed by atoms with Gasteiger partial charge in [-0.1, -0.05) is 25.7 Å². The number of aryl methyl sites for hydroxylation is 1. The summed E-state index contributed by atoms with van der Waals surface area (Å²) < 4.78 is 0. The van der Waals surface area contributed by atoms with Gasteiger partial charge in [-0.05, 0) is 81.5 Å². The van der Waals surface area contributed by atoms with Crippen molar-refractivity contribution in [1.29, 1.82) is 0 Å². The Morgan fingerprint density at radius 3 is 2.65 bits per heavy atom. The number of rotatable bonds is 11. The highest BCUT2D eigenvalue weighted by Gasteiger charge is 2.34. The van der Waals surface area contributed by atoms with E-state index in [2.05, 4.69) is 34.7 Å². The van der Waals surface area contributed by atoms with E-state index >= 15 is 0 Å². The first-order valence-electron chi connectivity index (χ1n) is 12.9. The van der Waals surface area contributed by atoms with Gasteiger partial charge >= 0.3 is 0 Å². The van der Waals surface area contributed by atoms with E-state index in [0.717, 1.165) is 59.8 Å². The van der Waals surface area contributed by atoms with E-state index in [1.807, 2.05) is 19.2 Å². The molecule has 2 heterocycles. The molecule has 182 valence electrons. The topological polar surface area (TPSA) is 74.3 Å². The highest BCUT2D eigenvalue weighted by atomic mass is 32.1. The van der Waals surface area contributed by atoms with E-state index in [1.165, 1.54) is 31.2 Å². The van der Waals surface area contributed by atoms with Crippen LogP contribution in [0.3, 0.4) is 0 Å². The number of carbonyl (C=O) groups is 2. The van der Waals surface area contributed by atoms with E-state index in [9.17, 15) is 9.59 Å². The van der Waals surface area contributed by atoms with E-state index in [1.54, 1.807) is 16.2 Å². The predicted molar refractivity (Wildman–Crippen MR) is 137 cm³/mol. The summed E-state index contributed by atoms with van der Waals surface area (Å²) in [7, 11) is 0. The zero-order valence-corrected chi connectivity index (χ0v) is 21.1. The molecule has 0 aliphatic heterocycles. The number of hydrogen-bond donors (Lipinski definition) is 2. The Kier molecular flexibility index (Phi) is 6.91. The molecule has 0 radical (unpaired) electrons. The molecule has 2 aromatic heterocycles. The molecule has 2 amide bonds. The standard InChI is InChI=1S/C27H36N4O2S/c1-17-23(14-21(15-28-17)20-7-8-20)29-18(2)25-11-12-26(34-25)31(16-32)24(13-19-5-3-4-6-19)27(33)30-22-9-10-22/h11-12,14-16,18-20,22,24,29H,3-10,13H2,1-2H3,(H,30,33)/t18-,24-/m0/s1. The maximum absolute atomic E-state index is 13.1. The monoisotopic (exact) mass is 480 g/mol. The summed E-state index contributed by atoms with van der Waals surface area (Å²) in [6, 6.07) is 6.24. The second kappa shape index (κ2) is 10.1. The molecule has 3 saturated carbocycles. The van der Waals surface area contributed by atoms with Crippen LogP contribution in [-0.2, 0) is 9.59 Å². The van der Waals surface area contributed by atoms with Gasteiger partial charge in [0.25, 0.3) is 0 Å². The fourth-order valence-corrected chi connectivity index (χ4v) is 6.09. The number of pyridine rings is 1. The maximum atomic E-state index is 13.1. The Balaban J connectivity index is 1.31. The summed E-state index contributed by atoms with van der Waals surface area (Å²) in [6.07, 6.45) is 13.0. The molecule has 3 fully saturated rings. The van der Waals surface area contributed by atoms with Crippen molar-refractivity contribution in [1.82, 2.24) is 10.3 Å². The first-order valence-corrected chi connectivity index (χ1v) is 13.7. The van der Waals surface area contributed by atoms with Crippen molar-refractivity contribution < 1.29 is 9.59 Å². The molecule has 3 aliphatic rings. The smallest absolute Gasteiger partial charge is 0.243 e. The van der Waals surface area contributed by atoms with Gasteiger partial charge in [0.05, 0.1) is 22.4 Å². The Morgan fingerprint density at radius 1 is 1.21 bits per heavy atom. The van der Waals surface area contributed by atoms with Crippen LogP contribution in [0.15, 0.2) is 24.4 Å². The van der Waals surface area contributed by atoms with Crippen LogP contribution in [0.5, 0.6) is 0 Å². The number of anilines is 2. The third-order valence-corrected chi connectivity index (χ3v) is 8.81. The molecule has 0 unspecified atom stereocenters. The molecule has 3 aliphatic carbocycles. The number of hydrogen-bond acceptors (Lipinski definition) is 5. The minimum absolute atomic E-state index is 0.00112. The number of nitrogens with one attached hydrogen (secondary N) is 2. The second-order valence-corrected chi connectivity index (χ2v) is 11.5. The van der Waals surface area contributed by atoms with E-state index in [0.29, 0.717) is 17.9 Å². The van der Waals surface area contributed by atoms with Crippen LogP contribution in [0.4, 0.5) is 10.7 Å². The fourth-order valence-electron chi connectivity index (χ4n) is 5.07. The van der Waals surface area contributed by atoms with Crippen molar-refractivity contribution in [3.63, 3.8) is 0 Å². The summed E-state index contributed by atoms with van der Waals surface area (Å²) in [5.41, 5.74) is 3.38. The van der Waals surface area contributed by atoms with Crippen molar-refractivity contribution in [2.45, 2.75) is 95.7 Å².